The highest BCUT2D eigenvalue weighted by molar-refractivity contribution is 7.18. The summed E-state index contributed by atoms with van der Waals surface area (Å²) >= 11 is 1.54. The van der Waals surface area contributed by atoms with Gasteiger partial charge in [0, 0.05) is 24.5 Å². The summed E-state index contributed by atoms with van der Waals surface area (Å²) in [4.78, 5) is 33.1. The molecule has 0 aliphatic carbocycles. The highest BCUT2D eigenvalue weighted by atomic mass is 32.1. The fourth-order valence-electron chi connectivity index (χ4n) is 4.03. The van der Waals surface area contributed by atoms with E-state index in [4.69, 9.17) is 0 Å². The second-order valence-electron chi connectivity index (χ2n) is 7.56. The fraction of sp³-hybridized carbons (Fsp3) is 0.217. The Balaban J connectivity index is 1.55. The van der Waals surface area contributed by atoms with Crippen molar-refractivity contribution in [1.82, 2.24) is 14.5 Å². The normalized spacial score (nSPS) is 14.2. The third-order valence-electron chi connectivity index (χ3n) is 5.52. The van der Waals surface area contributed by atoms with Gasteiger partial charge in [0.05, 0.1) is 11.1 Å². The van der Waals surface area contributed by atoms with E-state index in [0.717, 1.165) is 37.2 Å². The second kappa shape index (κ2) is 7.13. The van der Waals surface area contributed by atoms with Gasteiger partial charge in [-0.3, -0.25) is 14.7 Å². The van der Waals surface area contributed by atoms with Gasteiger partial charge >= 0.3 is 5.69 Å². The maximum atomic E-state index is 13.3. The molecule has 3 heterocycles. The van der Waals surface area contributed by atoms with E-state index in [1.54, 1.807) is 0 Å². The van der Waals surface area contributed by atoms with Crippen molar-refractivity contribution in [3.8, 4) is 5.69 Å². The van der Waals surface area contributed by atoms with Crippen LogP contribution in [0.4, 0.5) is 0 Å². The molecule has 1 aliphatic heterocycles. The lowest BCUT2D eigenvalue weighted by atomic mass is 10.0. The lowest BCUT2D eigenvalue weighted by molar-refractivity contribution is 0.249. The van der Waals surface area contributed by atoms with Crippen molar-refractivity contribution in [2.24, 2.45) is 0 Å². The van der Waals surface area contributed by atoms with E-state index >= 15 is 0 Å². The molecule has 6 heteroatoms. The molecule has 2 aromatic heterocycles. The number of fused-ring (bicyclic) bond motifs is 3. The Morgan fingerprint density at radius 2 is 1.79 bits per heavy atom. The van der Waals surface area contributed by atoms with Gasteiger partial charge in [0.2, 0.25) is 0 Å². The zero-order chi connectivity index (χ0) is 20.0. The van der Waals surface area contributed by atoms with Crippen LogP contribution in [0.5, 0.6) is 0 Å². The first-order valence-electron chi connectivity index (χ1n) is 9.73. The zero-order valence-corrected chi connectivity index (χ0v) is 17.0. The summed E-state index contributed by atoms with van der Waals surface area (Å²) in [5, 5.41) is 0.671. The van der Waals surface area contributed by atoms with E-state index in [-0.39, 0.29) is 11.2 Å². The number of nitrogens with one attached hydrogen (secondary N) is 1. The number of aromatic nitrogens is 2. The predicted molar refractivity (Wildman–Crippen MR) is 117 cm³/mol. The minimum atomic E-state index is -0.383. The van der Waals surface area contributed by atoms with Gasteiger partial charge in [0.15, 0.2) is 0 Å². The van der Waals surface area contributed by atoms with Crippen LogP contribution in [0, 0.1) is 6.92 Å². The monoisotopic (exact) mass is 403 g/mol. The van der Waals surface area contributed by atoms with Crippen molar-refractivity contribution in [3.05, 3.63) is 97.0 Å². The second-order valence-corrected chi connectivity index (χ2v) is 8.67. The van der Waals surface area contributed by atoms with Crippen LogP contribution in [0.15, 0.2) is 64.2 Å². The van der Waals surface area contributed by atoms with Crippen LogP contribution >= 0.6 is 11.3 Å². The summed E-state index contributed by atoms with van der Waals surface area (Å²) < 4.78 is 1.26. The van der Waals surface area contributed by atoms with Crippen molar-refractivity contribution in [2.45, 2.75) is 26.4 Å². The Kier molecular flexibility index (Phi) is 4.45. The maximum Gasteiger partial charge on any atom is 0.334 e. The molecule has 0 bridgehead atoms. The van der Waals surface area contributed by atoms with Gasteiger partial charge in [0.25, 0.3) is 5.56 Å². The van der Waals surface area contributed by atoms with Crippen LogP contribution in [-0.4, -0.2) is 21.0 Å². The molecule has 0 atom stereocenters. The van der Waals surface area contributed by atoms with Crippen LogP contribution in [0.2, 0.25) is 0 Å². The Morgan fingerprint density at radius 1 is 1.03 bits per heavy atom. The fourth-order valence-corrected chi connectivity index (χ4v) is 5.30. The lowest BCUT2D eigenvalue weighted by Crippen LogP contribution is -2.34. The average molecular weight is 404 g/mol. The van der Waals surface area contributed by atoms with Crippen molar-refractivity contribution < 1.29 is 0 Å². The SMILES string of the molecule is Cc1ccc(-n2c(=O)[nH]c3sc4c(c3c2=O)CCN(Cc2ccccc2)C4)cc1. The minimum Gasteiger partial charge on any atom is -0.298 e. The molecular weight excluding hydrogens is 382 g/mol. The molecule has 0 spiro atoms. The van der Waals surface area contributed by atoms with Gasteiger partial charge in [-0.2, -0.15) is 0 Å². The van der Waals surface area contributed by atoms with E-state index in [0.29, 0.717) is 15.9 Å². The van der Waals surface area contributed by atoms with Gasteiger partial charge < -0.3 is 0 Å². The maximum absolute atomic E-state index is 13.3. The number of H-pyrrole nitrogens is 1. The molecule has 5 rings (SSSR count). The van der Waals surface area contributed by atoms with E-state index in [1.165, 1.54) is 26.3 Å². The Morgan fingerprint density at radius 3 is 2.55 bits per heavy atom. The highest BCUT2D eigenvalue weighted by Crippen LogP contribution is 2.32. The summed E-state index contributed by atoms with van der Waals surface area (Å²) in [5.74, 6) is 0. The molecule has 0 saturated heterocycles. The van der Waals surface area contributed by atoms with Gasteiger partial charge in [-0.1, -0.05) is 48.0 Å². The van der Waals surface area contributed by atoms with E-state index in [1.807, 2.05) is 37.3 Å². The Hall–Kier alpha value is -2.96. The Labute approximate surface area is 171 Å². The number of rotatable bonds is 3. The van der Waals surface area contributed by atoms with Crippen LogP contribution in [0.3, 0.4) is 0 Å². The number of benzene rings is 2. The largest absolute Gasteiger partial charge is 0.334 e. The molecule has 1 aliphatic rings. The van der Waals surface area contributed by atoms with Gasteiger partial charge in [-0.15, -0.1) is 11.3 Å². The summed E-state index contributed by atoms with van der Waals surface area (Å²) in [5.41, 5.74) is 3.47. The highest BCUT2D eigenvalue weighted by Gasteiger charge is 2.24. The summed E-state index contributed by atoms with van der Waals surface area (Å²) in [6, 6.07) is 17.9. The van der Waals surface area contributed by atoms with Gasteiger partial charge in [0.1, 0.15) is 4.83 Å². The molecule has 5 nitrogen and oxygen atoms in total. The predicted octanol–water partition coefficient (Wildman–Crippen LogP) is 3.61. The molecule has 0 radical (unpaired) electrons. The molecule has 0 saturated carbocycles. The topological polar surface area (TPSA) is 58.1 Å². The lowest BCUT2D eigenvalue weighted by Gasteiger charge is -2.26. The molecule has 4 aromatic rings. The molecule has 146 valence electrons. The summed E-state index contributed by atoms with van der Waals surface area (Å²) in [6.07, 6.45) is 0.817. The van der Waals surface area contributed by atoms with E-state index in [9.17, 15) is 9.59 Å². The molecular formula is C23H21N3O2S. The first kappa shape index (κ1) is 18.1. The van der Waals surface area contributed by atoms with Crippen molar-refractivity contribution in [1.29, 1.82) is 0 Å². The number of hydrogen-bond donors (Lipinski definition) is 1. The van der Waals surface area contributed by atoms with Crippen molar-refractivity contribution >= 4 is 21.6 Å². The van der Waals surface area contributed by atoms with Crippen LogP contribution in [0.1, 0.15) is 21.6 Å². The molecule has 0 amide bonds. The molecule has 1 N–H and O–H groups in total. The third-order valence-corrected chi connectivity index (χ3v) is 6.65. The van der Waals surface area contributed by atoms with E-state index < -0.39 is 0 Å². The average Bonchev–Trinajstić information content (AvgIpc) is 3.07. The number of aryl methyl sites for hydroxylation is 1. The third kappa shape index (κ3) is 3.24. The standard InChI is InChI=1S/C23H21N3O2S/c1-15-7-9-17(10-8-15)26-22(27)20-18-11-12-25(13-16-5-3-2-4-6-16)14-19(18)29-21(20)24-23(26)28/h2-10H,11-14H2,1H3,(H,24,28). The molecule has 0 unspecified atom stereocenters. The first-order chi connectivity index (χ1) is 14.1. The first-order valence-corrected chi connectivity index (χ1v) is 10.5. The number of aromatic amines is 1. The summed E-state index contributed by atoms with van der Waals surface area (Å²) in [6.45, 7) is 4.57. The Bertz CT molecular complexity index is 1300. The van der Waals surface area contributed by atoms with Crippen LogP contribution in [0.25, 0.3) is 15.9 Å². The van der Waals surface area contributed by atoms with Gasteiger partial charge in [-0.05, 0) is 36.6 Å². The number of nitrogens with zero attached hydrogens (tertiary/aromatic N) is 2. The number of thiophene rings is 1. The van der Waals surface area contributed by atoms with Crippen molar-refractivity contribution in [3.63, 3.8) is 0 Å². The summed E-state index contributed by atoms with van der Waals surface area (Å²) in [7, 11) is 0. The van der Waals surface area contributed by atoms with Crippen LogP contribution < -0.4 is 11.2 Å². The zero-order valence-electron chi connectivity index (χ0n) is 16.1. The van der Waals surface area contributed by atoms with E-state index in [2.05, 4.69) is 34.1 Å². The molecule has 29 heavy (non-hydrogen) atoms. The smallest absolute Gasteiger partial charge is 0.298 e. The molecule has 0 fully saturated rings. The quantitative estimate of drug-likeness (QED) is 0.569. The minimum absolute atomic E-state index is 0.221. The van der Waals surface area contributed by atoms with Crippen LogP contribution in [-0.2, 0) is 19.5 Å². The van der Waals surface area contributed by atoms with Crippen molar-refractivity contribution in [2.75, 3.05) is 6.54 Å². The van der Waals surface area contributed by atoms with Gasteiger partial charge in [-0.25, -0.2) is 9.36 Å². The number of hydrogen-bond acceptors (Lipinski definition) is 4. The molecule has 2 aromatic carbocycles.